The summed E-state index contributed by atoms with van der Waals surface area (Å²) in [5, 5.41) is 3.40. The molecule has 0 fully saturated rings. The molecular weight excluding hydrogens is 337 g/mol. The molecule has 0 radical (unpaired) electrons. The van der Waals surface area contributed by atoms with Gasteiger partial charge in [-0.1, -0.05) is 35.3 Å². The van der Waals surface area contributed by atoms with Crippen LogP contribution < -0.4 is 10.1 Å². The van der Waals surface area contributed by atoms with Crippen LogP contribution in [-0.4, -0.2) is 36.5 Å². The number of hydrogen-bond acceptors (Lipinski definition) is 4. The van der Waals surface area contributed by atoms with Crippen LogP contribution in [-0.2, 0) is 11.3 Å². The van der Waals surface area contributed by atoms with E-state index in [1.165, 1.54) is 12.3 Å². The molecular formula is C16H17Cl2N3O2. The molecule has 23 heavy (non-hydrogen) atoms. The summed E-state index contributed by atoms with van der Waals surface area (Å²) >= 11 is 11.8. The molecule has 2 rings (SSSR count). The number of ether oxygens (including phenoxy) is 1. The van der Waals surface area contributed by atoms with Crippen molar-refractivity contribution in [1.82, 2.24) is 9.88 Å². The Balaban J connectivity index is 1.91. The first-order valence-electron chi connectivity index (χ1n) is 6.90. The van der Waals surface area contributed by atoms with Gasteiger partial charge < -0.3 is 10.1 Å². The zero-order chi connectivity index (χ0) is 16.8. The Bertz CT molecular complexity index is 695. The smallest absolute Gasteiger partial charge is 0.239 e. The first kappa shape index (κ1) is 17.5. The number of aromatic nitrogens is 1. The SMILES string of the molecule is COc1cccc(CN(C)CC(=O)Nc2ncc(Cl)cc2Cl)c1. The Morgan fingerprint density at radius 3 is 2.83 bits per heavy atom. The molecule has 0 spiro atoms. The highest BCUT2D eigenvalue weighted by atomic mass is 35.5. The molecule has 1 aromatic carbocycles. The van der Waals surface area contributed by atoms with E-state index in [2.05, 4.69) is 10.3 Å². The van der Waals surface area contributed by atoms with Crippen LogP contribution in [0.5, 0.6) is 5.75 Å². The second-order valence-electron chi connectivity index (χ2n) is 5.06. The van der Waals surface area contributed by atoms with E-state index in [-0.39, 0.29) is 12.5 Å². The number of likely N-dealkylation sites (N-methyl/N-ethyl adjacent to an activating group) is 1. The molecule has 122 valence electrons. The third-order valence-corrected chi connectivity index (χ3v) is 3.56. The molecule has 0 atom stereocenters. The maximum atomic E-state index is 12.1. The van der Waals surface area contributed by atoms with Gasteiger partial charge in [-0.2, -0.15) is 0 Å². The number of nitrogens with one attached hydrogen (secondary N) is 1. The summed E-state index contributed by atoms with van der Waals surface area (Å²) in [5.41, 5.74) is 1.06. The Kier molecular flexibility index (Phi) is 6.21. The average molecular weight is 354 g/mol. The van der Waals surface area contributed by atoms with E-state index in [0.717, 1.165) is 11.3 Å². The van der Waals surface area contributed by atoms with Crippen LogP contribution in [0.3, 0.4) is 0 Å². The minimum Gasteiger partial charge on any atom is -0.497 e. The van der Waals surface area contributed by atoms with E-state index in [4.69, 9.17) is 27.9 Å². The van der Waals surface area contributed by atoms with Crippen LogP contribution >= 0.6 is 23.2 Å². The second kappa shape index (κ2) is 8.15. The number of amides is 1. The van der Waals surface area contributed by atoms with Crippen molar-refractivity contribution in [1.29, 1.82) is 0 Å². The molecule has 1 amide bonds. The summed E-state index contributed by atoms with van der Waals surface area (Å²) < 4.78 is 5.19. The summed E-state index contributed by atoms with van der Waals surface area (Å²) in [4.78, 5) is 17.9. The second-order valence-corrected chi connectivity index (χ2v) is 5.90. The number of carbonyl (C=O) groups excluding carboxylic acids is 1. The maximum Gasteiger partial charge on any atom is 0.239 e. The van der Waals surface area contributed by atoms with Gasteiger partial charge in [0.05, 0.1) is 23.7 Å². The first-order valence-corrected chi connectivity index (χ1v) is 7.66. The highest BCUT2D eigenvalue weighted by Gasteiger charge is 2.11. The summed E-state index contributed by atoms with van der Waals surface area (Å²) in [6.45, 7) is 0.824. The van der Waals surface area contributed by atoms with Crippen molar-refractivity contribution < 1.29 is 9.53 Å². The van der Waals surface area contributed by atoms with Crippen LogP contribution in [0, 0.1) is 0 Å². The minimum absolute atomic E-state index is 0.202. The van der Waals surface area contributed by atoms with Gasteiger partial charge in [0.15, 0.2) is 5.82 Å². The fourth-order valence-corrected chi connectivity index (χ4v) is 2.49. The number of benzene rings is 1. The first-order chi connectivity index (χ1) is 11.0. The Labute approximate surface area is 145 Å². The Morgan fingerprint density at radius 2 is 2.13 bits per heavy atom. The number of carbonyl (C=O) groups is 1. The van der Waals surface area contributed by atoms with Crippen molar-refractivity contribution in [3.63, 3.8) is 0 Å². The van der Waals surface area contributed by atoms with Gasteiger partial charge in [-0.25, -0.2) is 4.98 Å². The fraction of sp³-hybridized carbons (Fsp3) is 0.250. The van der Waals surface area contributed by atoms with Gasteiger partial charge in [0, 0.05) is 12.7 Å². The molecule has 0 aliphatic carbocycles. The Hall–Kier alpha value is -1.82. The van der Waals surface area contributed by atoms with Gasteiger partial charge in [0.25, 0.3) is 0 Å². The number of nitrogens with zero attached hydrogens (tertiary/aromatic N) is 2. The van der Waals surface area contributed by atoms with Gasteiger partial charge >= 0.3 is 0 Å². The zero-order valence-electron chi connectivity index (χ0n) is 12.8. The molecule has 1 heterocycles. The topological polar surface area (TPSA) is 54.5 Å². The quantitative estimate of drug-likeness (QED) is 0.863. The predicted octanol–water partition coefficient (Wildman–Crippen LogP) is 3.47. The molecule has 2 aromatic rings. The molecule has 0 bridgehead atoms. The largest absolute Gasteiger partial charge is 0.497 e. The van der Waals surface area contributed by atoms with E-state index >= 15 is 0 Å². The van der Waals surface area contributed by atoms with Crippen LogP contribution in [0.4, 0.5) is 5.82 Å². The monoisotopic (exact) mass is 353 g/mol. The third-order valence-electron chi connectivity index (χ3n) is 3.07. The summed E-state index contributed by atoms with van der Waals surface area (Å²) in [6.07, 6.45) is 1.43. The van der Waals surface area contributed by atoms with Crippen molar-refractivity contribution in [2.75, 3.05) is 26.0 Å². The lowest BCUT2D eigenvalue weighted by molar-refractivity contribution is -0.117. The standard InChI is InChI=1S/C16H17Cl2N3O2/c1-21(9-11-4-3-5-13(6-11)23-2)10-15(22)20-16-14(18)7-12(17)8-19-16/h3-8H,9-10H2,1-2H3,(H,19,20,22). The number of pyridine rings is 1. The van der Waals surface area contributed by atoms with E-state index < -0.39 is 0 Å². The van der Waals surface area contributed by atoms with Crippen molar-refractivity contribution in [3.8, 4) is 5.75 Å². The van der Waals surface area contributed by atoms with Gasteiger partial charge in [-0.15, -0.1) is 0 Å². The van der Waals surface area contributed by atoms with E-state index in [0.29, 0.717) is 22.4 Å². The number of anilines is 1. The van der Waals surface area contributed by atoms with Gasteiger partial charge in [-0.05, 0) is 30.8 Å². The van der Waals surface area contributed by atoms with Crippen molar-refractivity contribution >= 4 is 34.9 Å². The van der Waals surface area contributed by atoms with E-state index in [9.17, 15) is 4.79 Å². The van der Waals surface area contributed by atoms with Gasteiger partial charge in [0.2, 0.25) is 5.91 Å². The molecule has 0 unspecified atom stereocenters. The zero-order valence-corrected chi connectivity index (χ0v) is 14.4. The summed E-state index contributed by atoms with van der Waals surface area (Å²) in [5.74, 6) is 0.889. The normalized spacial score (nSPS) is 10.7. The summed E-state index contributed by atoms with van der Waals surface area (Å²) in [6, 6.07) is 9.25. The molecule has 5 nitrogen and oxygen atoms in total. The molecule has 0 aliphatic heterocycles. The van der Waals surface area contributed by atoms with Crippen molar-refractivity contribution in [2.45, 2.75) is 6.54 Å². The third kappa shape index (κ3) is 5.39. The molecule has 0 aliphatic rings. The van der Waals surface area contributed by atoms with Crippen LogP contribution in [0.2, 0.25) is 10.0 Å². The predicted molar refractivity (Wildman–Crippen MR) is 92.2 cm³/mol. The van der Waals surface area contributed by atoms with Gasteiger partial charge in [-0.3, -0.25) is 9.69 Å². The Morgan fingerprint density at radius 1 is 1.35 bits per heavy atom. The highest BCUT2D eigenvalue weighted by Crippen LogP contribution is 2.22. The minimum atomic E-state index is -0.202. The molecule has 0 saturated carbocycles. The highest BCUT2D eigenvalue weighted by molar-refractivity contribution is 6.36. The molecule has 7 heteroatoms. The van der Waals surface area contributed by atoms with Crippen LogP contribution in [0.15, 0.2) is 36.5 Å². The molecule has 1 N–H and O–H groups in total. The molecule has 0 saturated heterocycles. The summed E-state index contributed by atoms with van der Waals surface area (Å²) in [7, 11) is 3.48. The lowest BCUT2D eigenvalue weighted by atomic mass is 10.2. The lowest BCUT2D eigenvalue weighted by Crippen LogP contribution is -2.30. The number of methoxy groups -OCH3 is 1. The van der Waals surface area contributed by atoms with Gasteiger partial charge in [0.1, 0.15) is 5.75 Å². The average Bonchev–Trinajstić information content (AvgIpc) is 2.50. The number of hydrogen-bond donors (Lipinski definition) is 1. The fourth-order valence-electron chi connectivity index (χ4n) is 2.06. The number of halogens is 2. The maximum absolute atomic E-state index is 12.1. The van der Waals surface area contributed by atoms with E-state index in [1.807, 2.05) is 36.2 Å². The molecule has 1 aromatic heterocycles. The van der Waals surface area contributed by atoms with Crippen LogP contribution in [0.25, 0.3) is 0 Å². The lowest BCUT2D eigenvalue weighted by Gasteiger charge is -2.17. The van der Waals surface area contributed by atoms with Crippen LogP contribution in [0.1, 0.15) is 5.56 Å². The van der Waals surface area contributed by atoms with Crippen molar-refractivity contribution in [2.24, 2.45) is 0 Å². The number of rotatable bonds is 6. The van der Waals surface area contributed by atoms with E-state index in [1.54, 1.807) is 7.11 Å². The van der Waals surface area contributed by atoms with Crippen molar-refractivity contribution in [3.05, 3.63) is 52.1 Å².